The Hall–Kier alpha value is -1.47. The first-order valence-corrected chi connectivity index (χ1v) is 8.52. The molecule has 0 aromatic heterocycles. The van der Waals surface area contributed by atoms with Gasteiger partial charge in [0.1, 0.15) is 12.4 Å². The van der Waals surface area contributed by atoms with Crippen molar-refractivity contribution in [1.29, 1.82) is 0 Å². The van der Waals surface area contributed by atoms with Crippen molar-refractivity contribution in [2.75, 3.05) is 13.1 Å². The van der Waals surface area contributed by atoms with Gasteiger partial charge in [-0.05, 0) is 37.1 Å². The van der Waals surface area contributed by atoms with Gasteiger partial charge in [-0.25, -0.2) is 4.99 Å². The van der Waals surface area contributed by atoms with Crippen molar-refractivity contribution in [3.8, 4) is 5.75 Å². The largest absolute Gasteiger partial charge is 0.487 e. The molecule has 2 aromatic carbocycles. The van der Waals surface area contributed by atoms with Crippen molar-refractivity contribution in [1.82, 2.24) is 4.90 Å². The minimum absolute atomic E-state index is 0. The number of benzene rings is 2. The van der Waals surface area contributed by atoms with E-state index >= 15 is 0 Å². The molecule has 0 fully saturated rings. The highest BCUT2D eigenvalue weighted by Gasteiger charge is 2.06. The Morgan fingerprint density at radius 3 is 2.28 bits per heavy atom. The van der Waals surface area contributed by atoms with Gasteiger partial charge in [0.2, 0.25) is 0 Å². The van der Waals surface area contributed by atoms with Crippen LogP contribution in [0.5, 0.6) is 5.75 Å². The molecule has 0 radical (unpaired) electrons. The quantitative estimate of drug-likeness (QED) is 0.360. The van der Waals surface area contributed by atoms with Crippen molar-refractivity contribution < 1.29 is 4.74 Å². The van der Waals surface area contributed by atoms with Crippen molar-refractivity contribution >= 4 is 41.5 Å². The van der Waals surface area contributed by atoms with Gasteiger partial charge in [-0.3, -0.25) is 0 Å². The summed E-state index contributed by atoms with van der Waals surface area (Å²) in [5, 5.41) is 0.610. The maximum atomic E-state index is 6.13. The number of hydrogen-bond donors (Lipinski definition) is 1. The zero-order chi connectivity index (χ0) is 17.4. The third kappa shape index (κ3) is 6.40. The minimum Gasteiger partial charge on any atom is -0.487 e. The van der Waals surface area contributed by atoms with Crippen LogP contribution in [0.4, 0.5) is 0 Å². The van der Waals surface area contributed by atoms with Gasteiger partial charge in [0.15, 0.2) is 5.96 Å². The summed E-state index contributed by atoms with van der Waals surface area (Å²) < 4.78 is 5.84. The number of nitrogens with zero attached hydrogens (tertiary/aromatic N) is 2. The Kier molecular flexibility index (Phi) is 9.67. The topological polar surface area (TPSA) is 50.8 Å². The fourth-order valence-corrected chi connectivity index (χ4v) is 2.57. The third-order valence-corrected chi connectivity index (χ3v) is 4.15. The molecule has 0 aliphatic heterocycles. The molecule has 136 valence electrons. The average molecular weight is 474 g/mol. The monoisotopic (exact) mass is 473 g/mol. The fourth-order valence-electron chi connectivity index (χ4n) is 2.38. The number of aliphatic imine (C=N–C) groups is 1. The second kappa shape index (κ2) is 11.2. The van der Waals surface area contributed by atoms with Crippen LogP contribution < -0.4 is 10.5 Å². The molecule has 0 saturated heterocycles. The van der Waals surface area contributed by atoms with E-state index in [1.54, 1.807) is 0 Å². The number of ether oxygens (including phenoxy) is 1. The summed E-state index contributed by atoms with van der Waals surface area (Å²) in [6.45, 7) is 6.81. The summed E-state index contributed by atoms with van der Waals surface area (Å²) in [4.78, 5) is 6.54. The molecule has 4 nitrogen and oxygen atoms in total. The van der Waals surface area contributed by atoms with Crippen molar-refractivity contribution in [3.05, 3.63) is 64.7 Å². The van der Waals surface area contributed by atoms with E-state index < -0.39 is 0 Å². The SMILES string of the molecule is CCN(CC)C(N)=NCc1ccccc1COc1ccccc1Cl.I. The van der Waals surface area contributed by atoms with Crippen LogP contribution >= 0.6 is 35.6 Å². The van der Waals surface area contributed by atoms with Gasteiger partial charge in [0, 0.05) is 13.1 Å². The van der Waals surface area contributed by atoms with Crippen LogP contribution in [0.15, 0.2) is 53.5 Å². The molecule has 0 aliphatic carbocycles. The average Bonchev–Trinajstić information content (AvgIpc) is 2.61. The van der Waals surface area contributed by atoms with E-state index in [1.807, 2.05) is 53.4 Å². The summed E-state index contributed by atoms with van der Waals surface area (Å²) in [5.41, 5.74) is 8.22. The maximum Gasteiger partial charge on any atom is 0.191 e. The van der Waals surface area contributed by atoms with E-state index in [0.717, 1.165) is 24.2 Å². The van der Waals surface area contributed by atoms with Crippen molar-refractivity contribution in [2.24, 2.45) is 10.7 Å². The van der Waals surface area contributed by atoms with E-state index in [-0.39, 0.29) is 24.0 Å². The van der Waals surface area contributed by atoms with Gasteiger partial charge in [-0.1, -0.05) is 48.0 Å². The highest BCUT2D eigenvalue weighted by molar-refractivity contribution is 14.0. The molecule has 0 atom stereocenters. The number of nitrogens with two attached hydrogens (primary N) is 1. The van der Waals surface area contributed by atoms with Gasteiger partial charge in [-0.2, -0.15) is 0 Å². The smallest absolute Gasteiger partial charge is 0.191 e. The molecule has 2 rings (SSSR count). The highest BCUT2D eigenvalue weighted by atomic mass is 127. The van der Waals surface area contributed by atoms with Crippen LogP contribution in [0.25, 0.3) is 0 Å². The zero-order valence-corrected chi connectivity index (χ0v) is 17.7. The lowest BCUT2D eigenvalue weighted by atomic mass is 10.1. The summed E-state index contributed by atoms with van der Waals surface area (Å²) >= 11 is 6.13. The van der Waals surface area contributed by atoms with Crippen LogP contribution in [0.1, 0.15) is 25.0 Å². The summed E-state index contributed by atoms with van der Waals surface area (Å²) in [6.07, 6.45) is 0. The third-order valence-electron chi connectivity index (χ3n) is 3.84. The molecular weight excluding hydrogens is 449 g/mol. The van der Waals surface area contributed by atoms with Gasteiger partial charge in [0.25, 0.3) is 0 Å². The second-order valence-electron chi connectivity index (χ2n) is 5.33. The van der Waals surface area contributed by atoms with Gasteiger partial charge in [-0.15, -0.1) is 24.0 Å². The molecule has 0 heterocycles. The second-order valence-corrected chi connectivity index (χ2v) is 5.74. The van der Waals surface area contributed by atoms with E-state index in [2.05, 4.69) is 18.8 Å². The van der Waals surface area contributed by atoms with Gasteiger partial charge >= 0.3 is 0 Å². The van der Waals surface area contributed by atoms with Crippen molar-refractivity contribution in [2.45, 2.75) is 27.0 Å². The minimum atomic E-state index is 0. The molecule has 0 unspecified atom stereocenters. The van der Waals surface area contributed by atoms with E-state index in [0.29, 0.717) is 29.9 Å². The van der Waals surface area contributed by atoms with Crippen LogP contribution in [0.2, 0.25) is 5.02 Å². The van der Waals surface area contributed by atoms with Crippen LogP contribution in [-0.2, 0) is 13.2 Å². The first-order valence-electron chi connectivity index (χ1n) is 8.14. The summed E-state index contributed by atoms with van der Waals surface area (Å²) in [7, 11) is 0. The number of halogens is 2. The molecule has 0 spiro atoms. The van der Waals surface area contributed by atoms with E-state index in [4.69, 9.17) is 22.1 Å². The maximum absolute atomic E-state index is 6.13. The lowest BCUT2D eigenvalue weighted by Gasteiger charge is -2.19. The van der Waals surface area contributed by atoms with Gasteiger partial charge in [0.05, 0.1) is 11.6 Å². The molecule has 0 aliphatic rings. The van der Waals surface area contributed by atoms with E-state index in [9.17, 15) is 0 Å². The predicted molar refractivity (Wildman–Crippen MR) is 116 cm³/mol. The molecule has 0 saturated carbocycles. The standard InChI is InChI=1S/C19H24ClN3O.HI/c1-3-23(4-2)19(21)22-13-15-9-5-6-10-16(15)14-24-18-12-8-7-11-17(18)20;/h5-12H,3-4,13-14H2,1-2H3,(H2,21,22);1H. The molecular formula is C19H25ClIN3O. The van der Waals surface area contributed by atoms with Gasteiger partial charge < -0.3 is 15.4 Å². The summed E-state index contributed by atoms with van der Waals surface area (Å²) in [5.74, 6) is 1.25. The molecule has 2 aromatic rings. The highest BCUT2D eigenvalue weighted by Crippen LogP contribution is 2.24. The number of rotatable bonds is 7. The van der Waals surface area contributed by atoms with Crippen LogP contribution in [-0.4, -0.2) is 23.9 Å². The molecule has 6 heteroatoms. The fraction of sp³-hybridized carbons (Fsp3) is 0.316. The summed E-state index contributed by atoms with van der Waals surface area (Å²) in [6, 6.07) is 15.5. The first-order chi connectivity index (χ1) is 11.7. The van der Waals surface area contributed by atoms with E-state index in [1.165, 1.54) is 0 Å². The van der Waals surface area contributed by atoms with Crippen molar-refractivity contribution in [3.63, 3.8) is 0 Å². The zero-order valence-electron chi connectivity index (χ0n) is 14.6. The van der Waals surface area contributed by atoms with Crippen LogP contribution in [0.3, 0.4) is 0 Å². The normalized spacial score (nSPS) is 10.9. The number of para-hydroxylation sites is 1. The molecule has 25 heavy (non-hydrogen) atoms. The molecule has 0 amide bonds. The Balaban J connectivity index is 0.00000312. The molecule has 2 N–H and O–H groups in total. The van der Waals surface area contributed by atoms with Crippen LogP contribution in [0, 0.1) is 0 Å². The molecule has 0 bridgehead atoms. The predicted octanol–water partition coefficient (Wildman–Crippen LogP) is 4.69. The number of hydrogen-bond acceptors (Lipinski definition) is 2. The Bertz CT molecular complexity index is 690. The lowest BCUT2D eigenvalue weighted by molar-refractivity contribution is 0.305. The first kappa shape index (κ1) is 21.6. The lowest BCUT2D eigenvalue weighted by Crippen LogP contribution is -2.37. The Labute approximate surface area is 172 Å². The number of guanidine groups is 1. The Morgan fingerprint density at radius 2 is 1.64 bits per heavy atom. The Morgan fingerprint density at radius 1 is 1.04 bits per heavy atom.